The van der Waals surface area contributed by atoms with Crippen molar-refractivity contribution in [2.75, 3.05) is 6.61 Å². The number of rotatable bonds is 5. The third-order valence-corrected chi connectivity index (χ3v) is 4.03. The van der Waals surface area contributed by atoms with Gasteiger partial charge in [0.2, 0.25) is 0 Å². The maximum Gasteiger partial charge on any atom is 0.345 e. The number of hydrogen-bond donors (Lipinski definition) is 1. The fraction of sp³-hybridized carbons (Fsp3) is 0.263. The van der Waals surface area contributed by atoms with Crippen LogP contribution in [0.4, 0.5) is 0 Å². The van der Waals surface area contributed by atoms with Gasteiger partial charge in [-0.3, -0.25) is 14.8 Å². The number of carbonyl (C=O) groups is 1. The minimum atomic E-state index is -0.654. The molecule has 1 aromatic heterocycles. The van der Waals surface area contributed by atoms with Crippen molar-refractivity contribution in [2.45, 2.75) is 26.3 Å². The van der Waals surface area contributed by atoms with Gasteiger partial charge < -0.3 is 4.74 Å². The first-order chi connectivity index (χ1) is 12.6. The van der Waals surface area contributed by atoms with Crippen LogP contribution in [0.1, 0.15) is 48.1 Å². The monoisotopic (exact) mass is 352 g/mol. The van der Waals surface area contributed by atoms with Crippen LogP contribution in [0.5, 0.6) is 0 Å². The average Bonchev–Trinajstić information content (AvgIpc) is 2.64. The summed E-state index contributed by atoms with van der Waals surface area (Å²) in [6, 6.07) is 9.55. The largest absolute Gasteiger partial charge is 0.462 e. The molecule has 3 rings (SSSR count). The number of fused-ring (bicyclic) bond motifs is 1. The Bertz CT molecular complexity index is 916. The second kappa shape index (κ2) is 7.77. The van der Waals surface area contributed by atoms with Crippen molar-refractivity contribution in [1.29, 1.82) is 0 Å². The van der Waals surface area contributed by atoms with Gasteiger partial charge in [0.15, 0.2) is 5.82 Å². The molecule has 0 spiro atoms. The molecule has 7 nitrogen and oxygen atoms in total. The van der Waals surface area contributed by atoms with E-state index in [2.05, 4.69) is 15.5 Å². The molecule has 0 bridgehead atoms. The minimum absolute atomic E-state index is 0.0588. The van der Waals surface area contributed by atoms with Crippen LogP contribution in [-0.2, 0) is 4.74 Å². The molecule has 1 atom stereocenters. The highest BCUT2D eigenvalue weighted by atomic mass is 16.5. The first-order valence-electron chi connectivity index (χ1n) is 8.45. The van der Waals surface area contributed by atoms with E-state index < -0.39 is 11.5 Å². The second-order valence-corrected chi connectivity index (χ2v) is 5.87. The number of allylic oxidation sites excluding steroid dienone is 1. The Morgan fingerprint density at radius 1 is 1.42 bits per heavy atom. The molecule has 134 valence electrons. The quantitative estimate of drug-likeness (QED) is 0.507. The number of nitrogens with one attached hydrogen (secondary N) is 1. The standard InChI is InChI=1S/C19H20N4O3/c1-3-26-19(25)15-12-20-17-16(10-9-13(2)23(17)18(15)24)22-21-11-14-7-5-4-6-8-14/h4-8,10-13,22H,3,9H2,1-2H3/b21-11+. The Hall–Kier alpha value is -3.22. The molecule has 1 aliphatic rings. The van der Waals surface area contributed by atoms with Gasteiger partial charge in [0.1, 0.15) is 5.56 Å². The molecule has 1 aliphatic heterocycles. The molecule has 1 N–H and O–H groups in total. The van der Waals surface area contributed by atoms with E-state index in [4.69, 9.17) is 4.74 Å². The summed E-state index contributed by atoms with van der Waals surface area (Å²) >= 11 is 0. The van der Waals surface area contributed by atoms with Crippen LogP contribution in [0.3, 0.4) is 0 Å². The van der Waals surface area contributed by atoms with Crippen molar-refractivity contribution < 1.29 is 9.53 Å². The molecule has 0 saturated carbocycles. The molecule has 0 fully saturated rings. The van der Waals surface area contributed by atoms with Crippen LogP contribution in [0.25, 0.3) is 5.70 Å². The van der Waals surface area contributed by atoms with Crippen molar-refractivity contribution in [1.82, 2.24) is 15.0 Å². The Kier molecular flexibility index (Phi) is 5.26. The molecule has 0 radical (unpaired) electrons. The van der Waals surface area contributed by atoms with Crippen molar-refractivity contribution in [3.8, 4) is 0 Å². The lowest BCUT2D eigenvalue weighted by atomic mass is 10.1. The first-order valence-corrected chi connectivity index (χ1v) is 8.45. The molecule has 7 heteroatoms. The van der Waals surface area contributed by atoms with Gasteiger partial charge in [0, 0.05) is 12.2 Å². The van der Waals surface area contributed by atoms with Crippen molar-refractivity contribution in [2.24, 2.45) is 5.10 Å². The maximum absolute atomic E-state index is 12.7. The van der Waals surface area contributed by atoms with Gasteiger partial charge in [-0.2, -0.15) is 5.10 Å². The van der Waals surface area contributed by atoms with Crippen LogP contribution in [0.2, 0.25) is 0 Å². The van der Waals surface area contributed by atoms with Gasteiger partial charge in [-0.1, -0.05) is 36.4 Å². The Morgan fingerprint density at radius 3 is 2.92 bits per heavy atom. The number of carbonyl (C=O) groups excluding carboxylic acids is 1. The van der Waals surface area contributed by atoms with E-state index in [0.717, 1.165) is 5.56 Å². The first kappa shape index (κ1) is 17.6. The number of hydrogen-bond acceptors (Lipinski definition) is 6. The highest BCUT2D eigenvalue weighted by Crippen LogP contribution is 2.23. The van der Waals surface area contributed by atoms with E-state index in [0.29, 0.717) is 17.9 Å². The maximum atomic E-state index is 12.7. The summed E-state index contributed by atoms with van der Waals surface area (Å²) in [7, 11) is 0. The predicted octanol–water partition coefficient (Wildman–Crippen LogP) is 2.35. The molecule has 0 aliphatic carbocycles. The lowest BCUT2D eigenvalue weighted by Crippen LogP contribution is -2.35. The lowest BCUT2D eigenvalue weighted by Gasteiger charge is -2.24. The highest BCUT2D eigenvalue weighted by molar-refractivity contribution is 5.88. The number of aromatic nitrogens is 2. The molecule has 1 aromatic carbocycles. The van der Waals surface area contributed by atoms with E-state index in [1.165, 1.54) is 10.8 Å². The zero-order valence-electron chi connectivity index (χ0n) is 14.7. The third kappa shape index (κ3) is 3.56. The zero-order chi connectivity index (χ0) is 18.5. The fourth-order valence-electron chi connectivity index (χ4n) is 2.72. The van der Waals surface area contributed by atoms with Crippen molar-refractivity contribution in [3.05, 3.63) is 69.9 Å². The molecule has 0 saturated heterocycles. The molecule has 2 aromatic rings. The van der Waals surface area contributed by atoms with E-state index in [-0.39, 0.29) is 18.2 Å². The molecule has 0 amide bonds. The SMILES string of the molecule is CCOC(=O)c1cnc2n(c1=O)C(C)CC=C2N/N=C/c1ccccc1. The number of ether oxygens (including phenoxy) is 1. The van der Waals surface area contributed by atoms with Crippen molar-refractivity contribution >= 4 is 17.9 Å². The van der Waals surface area contributed by atoms with Crippen LogP contribution in [0.15, 0.2) is 52.5 Å². The van der Waals surface area contributed by atoms with Crippen LogP contribution in [-0.4, -0.2) is 28.3 Å². The molecular weight excluding hydrogens is 332 g/mol. The number of nitrogens with zero attached hydrogens (tertiary/aromatic N) is 3. The summed E-state index contributed by atoms with van der Waals surface area (Å²) in [5.41, 5.74) is 4.06. The van der Waals surface area contributed by atoms with Gasteiger partial charge >= 0.3 is 5.97 Å². The van der Waals surface area contributed by atoms with E-state index in [1.807, 2.05) is 43.3 Å². The van der Waals surface area contributed by atoms with E-state index in [1.54, 1.807) is 13.1 Å². The second-order valence-electron chi connectivity index (χ2n) is 5.87. The van der Waals surface area contributed by atoms with Crippen LogP contribution < -0.4 is 11.0 Å². The summed E-state index contributed by atoms with van der Waals surface area (Å²) < 4.78 is 6.44. The summed E-state index contributed by atoms with van der Waals surface area (Å²) in [6.07, 6.45) is 5.53. The van der Waals surface area contributed by atoms with Gasteiger partial charge in [-0.15, -0.1) is 0 Å². The normalized spacial score (nSPS) is 16.1. The van der Waals surface area contributed by atoms with Crippen LogP contribution >= 0.6 is 0 Å². The Balaban J connectivity index is 1.88. The van der Waals surface area contributed by atoms with E-state index in [9.17, 15) is 9.59 Å². The van der Waals surface area contributed by atoms with Gasteiger partial charge in [0.05, 0.1) is 18.5 Å². The number of hydrazone groups is 1. The summed E-state index contributed by atoms with van der Waals surface area (Å²) in [5, 5.41) is 4.22. The van der Waals surface area contributed by atoms with Crippen LogP contribution in [0, 0.1) is 0 Å². The van der Waals surface area contributed by atoms with Crippen molar-refractivity contribution in [3.63, 3.8) is 0 Å². The Labute approximate surface area is 151 Å². The predicted molar refractivity (Wildman–Crippen MR) is 98.9 cm³/mol. The molecule has 1 unspecified atom stereocenters. The van der Waals surface area contributed by atoms with Gasteiger partial charge in [-0.05, 0) is 25.8 Å². The molecule has 2 heterocycles. The summed E-state index contributed by atoms with van der Waals surface area (Å²) in [5.74, 6) is -0.203. The third-order valence-electron chi connectivity index (χ3n) is 4.03. The van der Waals surface area contributed by atoms with Gasteiger partial charge in [-0.25, -0.2) is 9.78 Å². The topological polar surface area (TPSA) is 85.6 Å². The average molecular weight is 352 g/mol. The number of esters is 1. The fourth-order valence-corrected chi connectivity index (χ4v) is 2.72. The molecular formula is C19H20N4O3. The Morgan fingerprint density at radius 2 is 2.19 bits per heavy atom. The number of benzene rings is 1. The van der Waals surface area contributed by atoms with E-state index >= 15 is 0 Å². The summed E-state index contributed by atoms with van der Waals surface area (Å²) in [4.78, 5) is 28.9. The zero-order valence-corrected chi connectivity index (χ0v) is 14.7. The summed E-state index contributed by atoms with van der Waals surface area (Å²) in [6.45, 7) is 3.80. The highest BCUT2D eigenvalue weighted by Gasteiger charge is 2.24. The minimum Gasteiger partial charge on any atom is -0.462 e. The molecule has 26 heavy (non-hydrogen) atoms. The smallest absolute Gasteiger partial charge is 0.345 e. The lowest BCUT2D eigenvalue weighted by molar-refractivity contribution is 0.0522. The van der Waals surface area contributed by atoms with Gasteiger partial charge in [0.25, 0.3) is 5.56 Å².